The summed E-state index contributed by atoms with van der Waals surface area (Å²) in [6, 6.07) is 5.72. The fourth-order valence-electron chi connectivity index (χ4n) is 1.70. The Balaban J connectivity index is 2.17. The maximum atomic E-state index is 13.7. The molecule has 0 radical (unpaired) electrons. The fraction of sp³-hybridized carbons (Fsp3) is 0.231. The zero-order chi connectivity index (χ0) is 13.8. The molecule has 0 aliphatic rings. The Bertz CT molecular complexity index is 580. The summed E-state index contributed by atoms with van der Waals surface area (Å²) in [5, 5.41) is 0.360. The van der Waals surface area contributed by atoms with Crippen LogP contribution in [-0.4, -0.2) is 17.1 Å². The quantitative estimate of drug-likeness (QED) is 0.935. The Labute approximate surface area is 115 Å². The zero-order valence-electron chi connectivity index (χ0n) is 10.3. The van der Waals surface area contributed by atoms with Gasteiger partial charge in [-0.1, -0.05) is 17.7 Å². The Kier molecular flexibility index (Phi) is 4.29. The van der Waals surface area contributed by atoms with Crippen molar-refractivity contribution in [2.45, 2.75) is 12.5 Å². The minimum atomic E-state index is -0.437. The fourth-order valence-corrected chi connectivity index (χ4v) is 1.86. The average Bonchev–Trinajstić information content (AvgIpc) is 2.42. The van der Waals surface area contributed by atoms with Crippen LogP contribution in [0.2, 0.25) is 5.02 Å². The molecule has 0 saturated carbocycles. The highest BCUT2D eigenvalue weighted by Crippen LogP contribution is 2.20. The van der Waals surface area contributed by atoms with Crippen molar-refractivity contribution in [3.8, 4) is 5.88 Å². The minimum absolute atomic E-state index is 0.323. The van der Waals surface area contributed by atoms with Crippen molar-refractivity contribution in [2.24, 2.45) is 5.73 Å². The van der Waals surface area contributed by atoms with Crippen LogP contribution in [0.5, 0.6) is 5.88 Å². The summed E-state index contributed by atoms with van der Waals surface area (Å²) >= 11 is 5.70. The van der Waals surface area contributed by atoms with E-state index in [1.165, 1.54) is 19.5 Å². The molecule has 0 aliphatic carbocycles. The number of methoxy groups -OCH3 is 1. The molecule has 2 aromatic rings. The molecule has 19 heavy (non-hydrogen) atoms. The molecule has 1 aromatic carbocycles. The molecule has 0 amide bonds. The van der Waals surface area contributed by atoms with Crippen LogP contribution in [0.1, 0.15) is 17.3 Å². The number of hydrogen-bond donors (Lipinski definition) is 1. The lowest BCUT2D eigenvalue weighted by atomic mass is 10.0. The highest BCUT2D eigenvalue weighted by atomic mass is 35.5. The van der Waals surface area contributed by atoms with Crippen LogP contribution in [-0.2, 0) is 6.42 Å². The summed E-state index contributed by atoms with van der Waals surface area (Å²) in [7, 11) is 1.51. The lowest BCUT2D eigenvalue weighted by Crippen LogP contribution is -2.16. The van der Waals surface area contributed by atoms with Gasteiger partial charge in [-0.05, 0) is 24.1 Å². The molecular weight excluding hydrogens is 269 g/mol. The zero-order valence-corrected chi connectivity index (χ0v) is 11.1. The summed E-state index contributed by atoms with van der Waals surface area (Å²) in [6.07, 6.45) is 1.69. The lowest BCUT2D eigenvalue weighted by Gasteiger charge is -2.12. The molecule has 0 fully saturated rings. The third kappa shape index (κ3) is 3.39. The van der Waals surface area contributed by atoms with Gasteiger partial charge in [0, 0.05) is 11.1 Å². The molecule has 0 bridgehead atoms. The number of aromatic nitrogens is 2. The second-order valence-electron chi connectivity index (χ2n) is 4.03. The van der Waals surface area contributed by atoms with Crippen molar-refractivity contribution in [2.75, 3.05) is 7.11 Å². The van der Waals surface area contributed by atoms with Crippen LogP contribution in [0.15, 0.2) is 30.6 Å². The SMILES string of the molecule is COc1cc(C(N)Cc2ccc(Cl)cc2F)ncn1. The smallest absolute Gasteiger partial charge is 0.216 e. The molecule has 6 heteroatoms. The number of rotatable bonds is 4. The summed E-state index contributed by atoms with van der Waals surface area (Å²) in [5.74, 6) is 0.0565. The van der Waals surface area contributed by atoms with Gasteiger partial charge < -0.3 is 10.5 Å². The van der Waals surface area contributed by atoms with Crippen LogP contribution in [0.25, 0.3) is 0 Å². The first-order valence-electron chi connectivity index (χ1n) is 5.65. The molecule has 2 N–H and O–H groups in total. The normalized spacial score (nSPS) is 12.2. The summed E-state index contributed by atoms with van der Waals surface area (Å²) < 4.78 is 18.7. The summed E-state index contributed by atoms with van der Waals surface area (Å²) in [5.41, 5.74) is 7.11. The van der Waals surface area contributed by atoms with Gasteiger partial charge in [-0.15, -0.1) is 0 Å². The van der Waals surface area contributed by atoms with Gasteiger partial charge in [0.1, 0.15) is 12.1 Å². The lowest BCUT2D eigenvalue weighted by molar-refractivity contribution is 0.395. The Morgan fingerprint density at radius 3 is 2.84 bits per heavy atom. The van der Waals surface area contributed by atoms with Crippen molar-refractivity contribution in [3.63, 3.8) is 0 Å². The molecule has 0 saturated heterocycles. The highest BCUT2D eigenvalue weighted by Gasteiger charge is 2.13. The third-order valence-electron chi connectivity index (χ3n) is 2.71. The van der Waals surface area contributed by atoms with Crippen molar-refractivity contribution in [3.05, 3.63) is 52.7 Å². The second-order valence-corrected chi connectivity index (χ2v) is 4.47. The maximum Gasteiger partial charge on any atom is 0.216 e. The van der Waals surface area contributed by atoms with Crippen LogP contribution in [0.3, 0.4) is 0 Å². The molecule has 4 nitrogen and oxygen atoms in total. The van der Waals surface area contributed by atoms with E-state index in [2.05, 4.69) is 9.97 Å². The first-order valence-corrected chi connectivity index (χ1v) is 6.03. The molecule has 0 spiro atoms. The van der Waals surface area contributed by atoms with E-state index < -0.39 is 6.04 Å². The van der Waals surface area contributed by atoms with Crippen molar-refractivity contribution < 1.29 is 9.13 Å². The minimum Gasteiger partial charge on any atom is -0.481 e. The number of halogens is 2. The van der Waals surface area contributed by atoms with E-state index in [0.29, 0.717) is 28.6 Å². The third-order valence-corrected chi connectivity index (χ3v) is 2.94. The van der Waals surface area contributed by atoms with E-state index in [4.69, 9.17) is 22.1 Å². The van der Waals surface area contributed by atoms with Crippen molar-refractivity contribution in [1.82, 2.24) is 9.97 Å². The van der Waals surface area contributed by atoms with Gasteiger partial charge in [-0.2, -0.15) is 0 Å². The molecule has 1 unspecified atom stereocenters. The predicted octanol–water partition coefficient (Wildman–Crippen LogP) is 2.52. The molecule has 100 valence electrons. The number of benzene rings is 1. The molecule has 1 atom stereocenters. The van der Waals surface area contributed by atoms with Crippen LogP contribution in [0.4, 0.5) is 4.39 Å². The van der Waals surface area contributed by atoms with Crippen LogP contribution >= 0.6 is 11.6 Å². The van der Waals surface area contributed by atoms with Gasteiger partial charge in [0.25, 0.3) is 0 Å². The summed E-state index contributed by atoms with van der Waals surface area (Å²) in [4.78, 5) is 7.96. The van der Waals surface area contributed by atoms with E-state index in [-0.39, 0.29) is 5.82 Å². The van der Waals surface area contributed by atoms with Gasteiger partial charge in [-0.3, -0.25) is 0 Å². The largest absolute Gasteiger partial charge is 0.481 e. The number of nitrogens with two attached hydrogens (primary N) is 1. The van der Waals surface area contributed by atoms with E-state index >= 15 is 0 Å². The number of nitrogens with zero attached hydrogens (tertiary/aromatic N) is 2. The molecule has 1 heterocycles. The van der Waals surface area contributed by atoms with Crippen LogP contribution in [0, 0.1) is 5.82 Å². The van der Waals surface area contributed by atoms with E-state index in [1.807, 2.05) is 0 Å². The summed E-state index contributed by atoms with van der Waals surface area (Å²) in [6.45, 7) is 0. The average molecular weight is 282 g/mol. The first kappa shape index (κ1) is 13.7. The maximum absolute atomic E-state index is 13.7. The predicted molar refractivity (Wildman–Crippen MR) is 70.6 cm³/mol. The molecule has 2 rings (SSSR count). The molecule has 0 aliphatic heterocycles. The van der Waals surface area contributed by atoms with Crippen molar-refractivity contribution in [1.29, 1.82) is 0 Å². The molecular formula is C13H13ClFN3O. The van der Waals surface area contributed by atoms with Gasteiger partial charge in [-0.25, -0.2) is 14.4 Å². The second kappa shape index (κ2) is 5.95. The van der Waals surface area contributed by atoms with Crippen LogP contribution < -0.4 is 10.5 Å². The highest BCUT2D eigenvalue weighted by molar-refractivity contribution is 6.30. The number of hydrogen-bond acceptors (Lipinski definition) is 4. The first-order chi connectivity index (χ1) is 9.10. The Morgan fingerprint density at radius 1 is 1.37 bits per heavy atom. The standard InChI is InChI=1S/C13H13ClFN3O/c1-19-13-6-12(17-7-18-13)11(16)4-8-2-3-9(14)5-10(8)15/h2-3,5-7,11H,4,16H2,1H3. The van der Waals surface area contributed by atoms with Gasteiger partial charge in [0.05, 0.1) is 18.8 Å². The topological polar surface area (TPSA) is 61.0 Å². The monoisotopic (exact) mass is 281 g/mol. The van der Waals surface area contributed by atoms with Gasteiger partial charge in [0.15, 0.2) is 0 Å². The van der Waals surface area contributed by atoms with Crippen molar-refractivity contribution >= 4 is 11.6 Å². The Hall–Kier alpha value is -1.72. The van der Waals surface area contributed by atoms with E-state index in [1.54, 1.807) is 18.2 Å². The molecule has 1 aromatic heterocycles. The van der Waals surface area contributed by atoms with E-state index in [0.717, 1.165) is 0 Å². The Morgan fingerprint density at radius 2 is 2.16 bits per heavy atom. The van der Waals surface area contributed by atoms with E-state index in [9.17, 15) is 4.39 Å². The van der Waals surface area contributed by atoms with Gasteiger partial charge in [0.2, 0.25) is 5.88 Å². The number of ether oxygens (including phenoxy) is 1. The van der Waals surface area contributed by atoms with Gasteiger partial charge >= 0.3 is 0 Å².